The van der Waals surface area contributed by atoms with Crippen LogP contribution in [-0.4, -0.2) is 35.4 Å². The lowest BCUT2D eigenvalue weighted by atomic mass is 9.94. The Bertz CT molecular complexity index is 1110. The van der Waals surface area contributed by atoms with Gasteiger partial charge in [0.2, 0.25) is 0 Å². The van der Waals surface area contributed by atoms with Gasteiger partial charge in [0.15, 0.2) is 0 Å². The number of aliphatic hydroxyl groups is 1. The first-order valence-electron chi connectivity index (χ1n) is 15.2. The summed E-state index contributed by atoms with van der Waals surface area (Å²) in [6.45, 7) is 2.58. The molecule has 1 N–H and O–H groups in total. The van der Waals surface area contributed by atoms with Gasteiger partial charge in [-0.2, -0.15) is 0 Å². The molecule has 6 heteroatoms. The third-order valence-corrected chi connectivity index (χ3v) is 7.86. The van der Waals surface area contributed by atoms with Gasteiger partial charge in [-0.25, -0.2) is 4.39 Å². The van der Waals surface area contributed by atoms with E-state index >= 15 is 0 Å². The summed E-state index contributed by atoms with van der Waals surface area (Å²) < 4.78 is 20.1. The molecule has 0 radical (unpaired) electrons. The number of benzene rings is 2. The van der Waals surface area contributed by atoms with Crippen molar-refractivity contribution >= 4 is 17.4 Å². The first-order valence-corrected chi connectivity index (χ1v) is 15.2. The quantitative estimate of drug-likeness (QED) is 0.0870. The van der Waals surface area contributed by atoms with Crippen LogP contribution in [0.5, 0.6) is 5.75 Å². The van der Waals surface area contributed by atoms with Crippen LogP contribution in [-0.2, 0) is 9.59 Å². The number of aliphatic hydroxyl groups excluding tert-OH is 1. The molecule has 2 aromatic carbocycles. The molecule has 2 aromatic rings. The van der Waals surface area contributed by atoms with E-state index in [9.17, 15) is 19.1 Å². The fourth-order valence-electron chi connectivity index (χ4n) is 5.51. The molecule has 1 atom stereocenters. The molecule has 218 valence electrons. The number of carbonyl (C=O) groups excluding carboxylic acids is 2. The molecule has 1 amide bonds. The molecule has 0 saturated carbocycles. The van der Waals surface area contributed by atoms with Crippen molar-refractivity contribution in [1.82, 2.24) is 4.90 Å². The maximum Gasteiger partial charge on any atom is 0.295 e. The molecule has 0 aliphatic carbocycles. The molecule has 1 saturated heterocycles. The zero-order valence-corrected chi connectivity index (χ0v) is 24.3. The Morgan fingerprint density at radius 1 is 0.800 bits per heavy atom. The van der Waals surface area contributed by atoms with Crippen molar-refractivity contribution in [3.05, 3.63) is 71.0 Å². The van der Waals surface area contributed by atoms with Gasteiger partial charge in [-0.1, -0.05) is 109 Å². The van der Waals surface area contributed by atoms with Gasteiger partial charge in [-0.15, -0.1) is 0 Å². The molecule has 0 bridgehead atoms. The van der Waals surface area contributed by atoms with E-state index in [4.69, 9.17) is 4.74 Å². The minimum absolute atomic E-state index is 0.0781. The van der Waals surface area contributed by atoms with E-state index in [1.807, 2.05) is 0 Å². The number of carbonyl (C=O) groups is 2. The standard InChI is InChI=1S/C34H46FNO4/c1-3-4-5-6-7-8-9-10-11-12-13-14-15-18-25-36-31(28-19-16-17-20-29(28)35)30(33(38)34(36)39)32(37)26-21-23-27(40-2)24-22-26/h16-17,19-24,31,37H,3-15,18,25H2,1-2H3/t31-/m0/s1. The third kappa shape index (κ3) is 8.67. The topological polar surface area (TPSA) is 66.8 Å². The van der Waals surface area contributed by atoms with Crippen molar-refractivity contribution in [1.29, 1.82) is 0 Å². The molecule has 3 rings (SSSR count). The van der Waals surface area contributed by atoms with Gasteiger partial charge in [0.1, 0.15) is 17.3 Å². The Hall–Kier alpha value is -3.15. The lowest BCUT2D eigenvalue weighted by Crippen LogP contribution is -2.31. The highest BCUT2D eigenvalue weighted by atomic mass is 19.1. The number of ketones is 1. The first-order chi connectivity index (χ1) is 19.5. The number of rotatable bonds is 18. The van der Waals surface area contributed by atoms with E-state index in [2.05, 4.69) is 6.92 Å². The van der Waals surface area contributed by atoms with Gasteiger partial charge in [-0.3, -0.25) is 9.59 Å². The highest BCUT2D eigenvalue weighted by molar-refractivity contribution is 6.46. The zero-order chi connectivity index (χ0) is 28.7. The van der Waals surface area contributed by atoms with Crippen molar-refractivity contribution in [3.63, 3.8) is 0 Å². The van der Waals surface area contributed by atoms with Crippen LogP contribution in [0.25, 0.3) is 5.76 Å². The van der Waals surface area contributed by atoms with Crippen LogP contribution >= 0.6 is 0 Å². The summed E-state index contributed by atoms with van der Waals surface area (Å²) in [4.78, 5) is 27.7. The van der Waals surface area contributed by atoms with Crippen LogP contribution in [0.4, 0.5) is 4.39 Å². The second-order valence-electron chi connectivity index (χ2n) is 10.8. The molecule has 0 spiro atoms. The highest BCUT2D eigenvalue weighted by Crippen LogP contribution is 2.40. The van der Waals surface area contributed by atoms with E-state index in [1.54, 1.807) is 42.5 Å². The van der Waals surface area contributed by atoms with Gasteiger partial charge in [-0.05, 0) is 36.8 Å². The predicted molar refractivity (Wildman–Crippen MR) is 159 cm³/mol. The van der Waals surface area contributed by atoms with E-state index in [-0.39, 0.29) is 16.9 Å². The Morgan fingerprint density at radius 3 is 1.85 bits per heavy atom. The Kier molecular flexibility index (Phi) is 13.2. The van der Waals surface area contributed by atoms with Crippen molar-refractivity contribution < 1.29 is 23.8 Å². The SMILES string of the molecule is CCCCCCCCCCCCCCCCN1C(=O)C(=O)C(=C(O)c2ccc(OC)cc2)[C@@H]1c1ccccc1F. The van der Waals surface area contributed by atoms with Gasteiger partial charge in [0.25, 0.3) is 11.7 Å². The first kappa shape index (κ1) is 31.4. The summed E-state index contributed by atoms with van der Waals surface area (Å²) in [7, 11) is 1.54. The number of halogens is 1. The summed E-state index contributed by atoms with van der Waals surface area (Å²) in [5.41, 5.74) is 0.504. The van der Waals surface area contributed by atoms with Gasteiger partial charge in [0, 0.05) is 17.7 Å². The number of amides is 1. The minimum atomic E-state index is -0.967. The number of hydrogen-bond donors (Lipinski definition) is 1. The number of ether oxygens (including phenoxy) is 1. The third-order valence-electron chi connectivity index (χ3n) is 7.86. The summed E-state index contributed by atoms with van der Waals surface area (Å²) in [6.07, 6.45) is 17.1. The van der Waals surface area contributed by atoms with Crippen molar-refractivity contribution in [2.24, 2.45) is 0 Å². The van der Waals surface area contributed by atoms with Crippen molar-refractivity contribution in [2.45, 2.75) is 103 Å². The van der Waals surface area contributed by atoms with Crippen LogP contribution in [0.15, 0.2) is 54.1 Å². The number of likely N-dealkylation sites (tertiary alicyclic amines) is 1. The van der Waals surface area contributed by atoms with Crippen molar-refractivity contribution in [2.75, 3.05) is 13.7 Å². The molecular formula is C34H46FNO4. The predicted octanol–water partition coefficient (Wildman–Crippen LogP) is 8.74. The van der Waals surface area contributed by atoms with Crippen LogP contribution < -0.4 is 4.74 Å². The number of methoxy groups -OCH3 is 1. The number of unbranched alkanes of at least 4 members (excludes halogenated alkanes) is 13. The van der Waals surface area contributed by atoms with Crippen LogP contribution in [0.3, 0.4) is 0 Å². The molecule has 1 aliphatic rings. The molecule has 0 unspecified atom stereocenters. The number of hydrogen-bond acceptors (Lipinski definition) is 4. The monoisotopic (exact) mass is 551 g/mol. The lowest BCUT2D eigenvalue weighted by molar-refractivity contribution is -0.140. The maximum absolute atomic E-state index is 14.9. The largest absolute Gasteiger partial charge is 0.507 e. The second-order valence-corrected chi connectivity index (χ2v) is 10.8. The Balaban J connectivity index is 1.55. The van der Waals surface area contributed by atoms with Gasteiger partial charge in [0.05, 0.1) is 18.7 Å². The van der Waals surface area contributed by atoms with E-state index < -0.39 is 23.5 Å². The van der Waals surface area contributed by atoms with Crippen molar-refractivity contribution in [3.8, 4) is 5.75 Å². The smallest absolute Gasteiger partial charge is 0.295 e. The van der Waals surface area contributed by atoms with Crippen LogP contribution in [0.2, 0.25) is 0 Å². The highest BCUT2D eigenvalue weighted by Gasteiger charge is 2.46. The van der Waals surface area contributed by atoms with Crippen LogP contribution in [0.1, 0.15) is 114 Å². The summed E-state index contributed by atoms with van der Waals surface area (Å²) in [5.74, 6) is -1.70. The average molecular weight is 552 g/mol. The minimum Gasteiger partial charge on any atom is -0.507 e. The number of Topliss-reactive ketones (excluding diaryl/α,β-unsaturated/α-hetero) is 1. The summed E-state index contributed by atoms with van der Waals surface area (Å²) in [6, 6.07) is 11.7. The molecule has 5 nitrogen and oxygen atoms in total. The Labute approximate surface area is 239 Å². The molecule has 40 heavy (non-hydrogen) atoms. The molecule has 1 heterocycles. The van der Waals surface area contributed by atoms with E-state index in [0.29, 0.717) is 17.9 Å². The number of nitrogens with zero attached hydrogens (tertiary/aromatic N) is 1. The average Bonchev–Trinajstić information content (AvgIpc) is 3.22. The molecule has 1 fully saturated rings. The second kappa shape index (κ2) is 16.8. The lowest BCUT2D eigenvalue weighted by Gasteiger charge is -2.25. The van der Waals surface area contributed by atoms with E-state index in [0.717, 1.165) is 25.7 Å². The fourth-order valence-corrected chi connectivity index (χ4v) is 5.51. The van der Waals surface area contributed by atoms with E-state index in [1.165, 1.54) is 82.3 Å². The van der Waals surface area contributed by atoms with Gasteiger partial charge < -0.3 is 14.7 Å². The maximum atomic E-state index is 14.9. The fraction of sp³-hybridized carbons (Fsp3) is 0.529. The normalized spacial score (nSPS) is 16.6. The summed E-state index contributed by atoms with van der Waals surface area (Å²) in [5, 5.41) is 11.1. The Morgan fingerprint density at radius 2 is 1.32 bits per heavy atom. The zero-order valence-electron chi connectivity index (χ0n) is 24.3. The molecule has 0 aromatic heterocycles. The van der Waals surface area contributed by atoms with Crippen LogP contribution in [0, 0.1) is 5.82 Å². The van der Waals surface area contributed by atoms with Gasteiger partial charge >= 0.3 is 0 Å². The summed E-state index contributed by atoms with van der Waals surface area (Å²) >= 11 is 0. The molecule has 1 aliphatic heterocycles. The molecular weight excluding hydrogens is 505 g/mol.